The normalized spacial score (nSPS) is 16.8. The molecule has 0 bridgehead atoms. The summed E-state index contributed by atoms with van der Waals surface area (Å²) < 4.78 is 16.4. The monoisotopic (exact) mass is 552 g/mol. The Morgan fingerprint density at radius 3 is 2.33 bits per heavy atom. The van der Waals surface area contributed by atoms with Crippen LogP contribution in [0, 0.1) is 0 Å². The maximum atomic E-state index is 13.0. The van der Waals surface area contributed by atoms with Crippen LogP contribution in [0.4, 0.5) is 10.5 Å². The van der Waals surface area contributed by atoms with Crippen LogP contribution in [0.3, 0.4) is 0 Å². The lowest BCUT2D eigenvalue weighted by Gasteiger charge is -2.32. The second kappa shape index (κ2) is 13.3. The van der Waals surface area contributed by atoms with Crippen LogP contribution < -0.4 is 30.2 Å². The SMILES string of the molecule is COc1ccc(NC(=O)N[C@@H]2CCCC[C@H]2NC(=O)c2csc(COc3ccc(C(C)C)cc3)n2)c(OC)c1. The summed E-state index contributed by atoms with van der Waals surface area (Å²) >= 11 is 1.39. The number of methoxy groups -OCH3 is 2. The number of aromatic nitrogens is 1. The van der Waals surface area contributed by atoms with Crippen LogP contribution in [-0.4, -0.2) is 43.2 Å². The van der Waals surface area contributed by atoms with Crippen molar-refractivity contribution in [2.24, 2.45) is 0 Å². The molecule has 1 saturated carbocycles. The van der Waals surface area contributed by atoms with Crippen molar-refractivity contribution in [2.75, 3.05) is 19.5 Å². The predicted molar refractivity (Wildman–Crippen MR) is 152 cm³/mol. The molecule has 10 heteroatoms. The van der Waals surface area contributed by atoms with Crippen molar-refractivity contribution < 1.29 is 23.8 Å². The first kappa shape index (κ1) is 28.2. The number of hydrogen-bond acceptors (Lipinski definition) is 7. The fourth-order valence-electron chi connectivity index (χ4n) is 4.52. The predicted octanol–water partition coefficient (Wildman–Crippen LogP) is 5.73. The Kier molecular flexibility index (Phi) is 9.64. The lowest BCUT2D eigenvalue weighted by molar-refractivity contribution is 0.0911. The molecule has 0 unspecified atom stereocenters. The van der Waals surface area contributed by atoms with Crippen molar-refractivity contribution in [3.8, 4) is 17.2 Å². The number of anilines is 1. The van der Waals surface area contributed by atoms with E-state index in [4.69, 9.17) is 14.2 Å². The van der Waals surface area contributed by atoms with Crippen LogP contribution in [0.1, 0.15) is 66.5 Å². The fraction of sp³-hybridized carbons (Fsp3) is 0.414. The molecular weight excluding hydrogens is 516 g/mol. The average Bonchev–Trinajstić information content (AvgIpc) is 3.43. The molecule has 9 nitrogen and oxygen atoms in total. The molecular formula is C29H36N4O5S. The molecule has 1 aliphatic rings. The number of nitrogens with zero attached hydrogens (tertiary/aromatic N) is 1. The molecule has 4 rings (SSSR count). The number of nitrogens with one attached hydrogen (secondary N) is 3. The molecule has 0 aliphatic heterocycles. The van der Waals surface area contributed by atoms with Gasteiger partial charge in [0.1, 0.15) is 34.6 Å². The van der Waals surface area contributed by atoms with Gasteiger partial charge in [-0.3, -0.25) is 4.79 Å². The molecule has 208 valence electrons. The van der Waals surface area contributed by atoms with Crippen LogP contribution in [0.25, 0.3) is 0 Å². The Balaban J connectivity index is 1.31. The Bertz CT molecular complexity index is 1260. The molecule has 3 amide bonds. The first-order chi connectivity index (χ1) is 18.9. The van der Waals surface area contributed by atoms with Gasteiger partial charge in [0, 0.05) is 17.5 Å². The average molecular weight is 553 g/mol. The van der Waals surface area contributed by atoms with E-state index in [1.807, 2.05) is 12.1 Å². The third kappa shape index (κ3) is 7.63. The van der Waals surface area contributed by atoms with E-state index in [0.29, 0.717) is 35.4 Å². The zero-order chi connectivity index (χ0) is 27.8. The highest BCUT2D eigenvalue weighted by Crippen LogP contribution is 2.29. The van der Waals surface area contributed by atoms with Gasteiger partial charge in [0.25, 0.3) is 5.91 Å². The molecule has 1 aliphatic carbocycles. The largest absolute Gasteiger partial charge is 0.497 e. The van der Waals surface area contributed by atoms with E-state index in [-0.39, 0.29) is 24.0 Å². The van der Waals surface area contributed by atoms with Gasteiger partial charge in [-0.25, -0.2) is 9.78 Å². The first-order valence-corrected chi connectivity index (χ1v) is 14.0. The Morgan fingerprint density at radius 1 is 0.974 bits per heavy atom. The summed E-state index contributed by atoms with van der Waals surface area (Å²) in [6.07, 6.45) is 3.49. The minimum atomic E-state index is -0.362. The summed E-state index contributed by atoms with van der Waals surface area (Å²) in [5, 5.41) is 11.4. The summed E-state index contributed by atoms with van der Waals surface area (Å²) in [4.78, 5) is 30.3. The molecule has 3 N–H and O–H groups in total. The van der Waals surface area contributed by atoms with E-state index >= 15 is 0 Å². The van der Waals surface area contributed by atoms with Crippen LogP contribution in [0.15, 0.2) is 47.8 Å². The van der Waals surface area contributed by atoms with Gasteiger partial charge < -0.3 is 30.2 Å². The molecule has 2 aromatic carbocycles. The van der Waals surface area contributed by atoms with Crippen molar-refractivity contribution in [3.63, 3.8) is 0 Å². The minimum Gasteiger partial charge on any atom is -0.497 e. The number of hydrogen-bond donors (Lipinski definition) is 3. The summed E-state index contributed by atoms with van der Waals surface area (Å²) in [5.74, 6) is 2.10. The summed E-state index contributed by atoms with van der Waals surface area (Å²) in [5.41, 5.74) is 2.13. The minimum absolute atomic E-state index is 0.198. The third-order valence-corrected chi connectivity index (χ3v) is 7.57. The molecule has 0 radical (unpaired) electrons. The number of amides is 3. The van der Waals surface area contributed by atoms with Crippen molar-refractivity contribution in [1.29, 1.82) is 0 Å². The van der Waals surface area contributed by atoms with Gasteiger partial charge in [-0.15, -0.1) is 11.3 Å². The summed E-state index contributed by atoms with van der Waals surface area (Å²) in [7, 11) is 3.10. The van der Waals surface area contributed by atoms with Crippen LogP contribution >= 0.6 is 11.3 Å². The molecule has 39 heavy (non-hydrogen) atoms. The number of urea groups is 1. The molecule has 1 fully saturated rings. The van der Waals surface area contributed by atoms with Crippen LogP contribution in [-0.2, 0) is 6.61 Å². The molecule has 0 saturated heterocycles. The second-order valence-corrected chi connectivity index (χ2v) is 10.7. The lowest BCUT2D eigenvalue weighted by Crippen LogP contribution is -2.54. The van der Waals surface area contributed by atoms with Gasteiger partial charge in [0.2, 0.25) is 0 Å². The topological polar surface area (TPSA) is 111 Å². The maximum absolute atomic E-state index is 13.0. The fourth-order valence-corrected chi connectivity index (χ4v) is 5.21. The van der Waals surface area contributed by atoms with E-state index < -0.39 is 0 Å². The zero-order valence-electron chi connectivity index (χ0n) is 22.8. The van der Waals surface area contributed by atoms with Gasteiger partial charge in [0.05, 0.1) is 25.9 Å². The summed E-state index contributed by atoms with van der Waals surface area (Å²) in [6, 6.07) is 12.4. The van der Waals surface area contributed by atoms with E-state index in [1.165, 1.54) is 24.0 Å². The highest BCUT2D eigenvalue weighted by molar-refractivity contribution is 7.09. The number of rotatable bonds is 10. The number of benzene rings is 2. The molecule has 1 heterocycles. The Labute approximate surface area is 233 Å². The van der Waals surface area contributed by atoms with E-state index in [0.717, 1.165) is 36.4 Å². The third-order valence-electron chi connectivity index (χ3n) is 6.75. The number of thiazole rings is 1. The smallest absolute Gasteiger partial charge is 0.319 e. The molecule has 0 spiro atoms. The highest BCUT2D eigenvalue weighted by atomic mass is 32.1. The van der Waals surface area contributed by atoms with E-state index in [1.54, 1.807) is 30.7 Å². The Hall–Kier alpha value is -3.79. The standard InChI is InChI=1S/C29H36N4O5S/c1-18(2)19-9-11-20(12-10-19)38-16-27-30-25(17-39-27)28(34)31-22-7-5-6-8-23(22)32-29(35)33-24-14-13-21(36-3)15-26(24)37-4/h9-15,17-18,22-23H,5-8,16H2,1-4H3,(H,31,34)(H2,32,33,35)/t22-,23-/m1/s1. The van der Waals surface area contributed by atoms with Gasteiger partial charge >= 0.3 is 6.03 Å². The molecule has 3 aromatic rings. The van der Waals surface area contributed by atoms with Crippen LogP contribution in [0.5, 0.6) is 17.2 Å². The first-order valence-electron chi connectivity index (χ1n) is 13.1. The van der Waals surface area contributed by atoms with E-state index in [2.05, 4.69) is 46.9 Å². The van der Waals surface area contributed by atoms with Crippen molar-refractivity contribution >= 4 is 29.0 Å². The second-order valence-electron chi connectivity index (χ2n) is 9.77. The molecule has 2 atom stereocenters. The van der Waals surface area contributed by atoms with Crippen molar-refractivity contribution in [2.45, 2.75) is 64.1 Å². The number of carbonyl (C=O) groups excluding carboxylic acids is 2. The maximum Gasteiger partial charge on any atom is 0.319 e. The molecule has 1 aromatic heterocycles. The van der Waals surface area contributed by atoms with Gasteiger partial charge in [0.15, 0.2) is 0 Å². The van der Waals surface area contributed by atoms with Crippen molar-refractivity contribution in [1.82, 2.24) is 15.6 Å². The van der Waals surface area contributed by atoms with Gasteiger partial charge in [-0.2, -0.15) is 0 Å². The number of ether oxygens (including phenoxy) is 3. The van der Waals surface area contributed by atoms with Crippen molar-refractivity contribution in [3.05, 3.63) is 64.1 Å². The number of carbonyl (C=O) groups is 2. The van der Waals surface area contributed by atoms with Gasteiger partial charge in [-0.1, -0.05) is 38.8 Å². The lowest BCUT2D eigenvalue weighted by atomic mass is 9.90. The zero-order valence-corrected chi connectivity index (χ0v) is 23.6. The van der Waals surface area contributed by atoms with Crippen LogP contribution in [0.2, 0.25) is 0 Å². The highest BCUT2D eigenvalue weighted by Gasteiger charge is 2.29. The van der Waals surface area contributed by atoms with E-state index in [9.17, 15) is 9.59 Å². The summed E-state index contributed by atoms with van der Waals surface area (Å²) in [6.45, 7) is 4.60. The van der Waals surface area contributed by atoms with Gasteiger partial charge in [-0.05, 0) is 48.6 Å². The Morgan fingerprint density at radius 2 is 1.67 bits per heavy atom. The quantitative estimate of drug-likeness (QED) is 0.296.